The van der Waals surface area contributed by atoms with Crippen molar-refractivity contribution in [3.8, 4) is 22.9 Å². The van der Waals surface area contributed by atoms with E-state index in [1.807, 2.05) is 29.2 Å². The van der Waals surface area contributed by atoms with Crippen LogP contribution in [0.1, 0.15) is 0 Å². The van der Waals surface area contributed by atoms with Crippen molar-refractivity contribution in [2.24, 2.45) is 10.2 Å². The molecule has 0 bridgehead atoms. The van der Waals surface area contributed by atoms with Crippen molar-refractivity contribution in [2.45, 2.75) is 0 Å². The maximum absolute atomic E-state index is 10.8. The molecule has 0 atom stereocenters. The topological polar surface area (TPSA) is 150 Å². The van der Waals surface area contributed by atoms with Crippen LogP contribution in [-0.2, 0) is 0 Å². The van der Waals surface area contributed by atoms with Gasteiger partial charge in [0, 0.05) is 42.0 Å². The number of aliphatic hydroxyl groups excluding tert-OH is 2. The number of anilines is 1. The highest BCUT2D eigenvalue weighted by molar-refractivity contribution is 5.61. The number of azo groups is 1. The molecule has 1 heterocycles. The highest BCUT2D eigenvalue weighted by Gasteiger charge is 2.12. The van der Waals surface area contributed by atoms with Crippen molar-refractivity contribution in [1.82, 2.24) is 10.2 Å². The molecule has 0 aliphatic carbocycles. The Morgan fingerprint density at radius 1 is 0.771 bits per heavy atom. The largest absolute Gasteiger partial charge is 0.416 e. The van der Waals surface area contributed by atoms with E-state index >= 15 is 0 Å². The van der Waals surface area contributed by atoms with Crippen molar-refractivity contribution in [3.05, 3.63) is 82.9 Å². The maximum Gasteiger partial charge on any atom is 0.269 e. The number of aliphatic hydroxyl groups is 2. The van der Waals surface area contributed by atoms with Gasteiger partial charge in [0.25, 0.3) is 5.69 Å². The first kappa shape index (κ1) is 23.7. The lowest BCUT2D eigenvalue weighted by atomic mass is 10.2. The second kappa shape index (κ2) is 11.1. The van der Waals surface area contributed by atoms with Crippen LogP contribution in [0.25, 0.3) is 22.9 Å². The minimum absolute atomic E-state index is 0.000596. The zero-order valence-corrected chi connectivity index (χ0v) is 18.6. The monoisotopic (exact) mass is 474 g/mol. The van der Waals surface area contributed by atoms with Gasteiger partial charge in [-0.2, -0.15) is 10.2 Å². The third-order valence-electron chi connectivity index (χ3n) is 5.10. The second-order valence-electron chi connectivity index (χ2n) is 7.41. The minimum Gasteiger partial charge on any atom is -0.416 e. The van der Waals surface area contributed by atoms with Gasteiger partial charge in [0.05, 0.1) is 29.5 Å². The average molecular weight is 474 g/mol. The summed E-state index contributed by atoms with van der Waals surface area (Å²) in [6, 6.07) is 20.3. The van der Waals surface area contributed by atoms with E-state index in [0.29, 0.717) is 41.5 Å². The van der Waals surface area contributed by atoms with Crippen LogP contribution in [0.5, 0.6) is 0 Å². The number of nitro benzene ring substituents is 1. The lowest BCUT2D eigenvalue weighted by Crippen LogP contribution is -2.29. The maximum atomic E-state index is 10.8. The first-order chi connectivity index (χ1) is 17.1. The number of hydrogen-bond acceptors (Lipinski definition) is 10. The molecule has 0 radical (unpaired) electrons. The van der Waals surface area contributed by atoms with Crippen LogP contribution >= 0.6 is 0 Å². The van der Waals surface area contributed by atoms with E-state index in [9.17, 15) is 20.3 Å². The number of benzene rings is 3. The van der Waals surface area contributed by atoms with Crippen molar-refractivity contribution in [3.63, 3.8) is 0 Å². The van der Waals surface area contributed by atoms with E-state index < -0.39 is 4.92 Å². The highest BCUT2D eigenvalue weighted by atomic mass is 16.6. The van der Waals surface area contributed by atoms with Gasteiger partial charge in [0.15, 0.2) is 0 Å². The minimum atomic E-state index is -0.469. The summed E-state index contributed by atoms with van der Waals surface area (Å²) in [4.78, 5) is 12.2. The Labute approximate surface area is 200 Å². The summed E-state index contributed by atoms with van der Waals surface area (Å²) >= 11 is 0. The summed E-state index contributed by atoms with van der Waals surface area (Å²) in [5, 5.41) is 45.7. The molecular formula is C24H22N6O5. The average Bonchev–Trinajstić information content (AvgIpc) is 3.38. The molecule has 0 fully saturated rings. The first-order valence-electron chi connectivity index (χ1n) is 10.7. The summed E-state index contributed by atoms with van der Waals surface area (Å²) in [6.45, 7) is 0.866. The normalized spacial score (nSPS) is 11.1. The zero-order valence-electron chi connectivity index (χ0n) is 18.6. The number of non-ortho nitro benzene ring substituents is 1. The van der Waals surface area contributed by atoms with Gasteiger partial charge in [-0.15, -0.1) is 10.2 Å². The molecule has 0 aliphatic rings. The summed E-state index contributed by atoms with van der Waals surface area (Å²) in [7, 11) is 0. The lowest BCUT2D eigenvalue weighted by molar-refractivity contribution is -0.384. The Bertz CT molecular complexity index is 1280. The molecule has 2 N–H and O–H groups in total. The molecule has 4 rings (SSSR count). The number of aromatic nitrogens is 2. The van der Waals surface area contributed by atoms with Crippen molar-refractivity contribution < 1.29 is 19.6 Å². The fourth-order valence-corrected chi connectivity index (χ4v) is 3.31. The molecule has 0 saturated heterocycles. The van der Waals surface area contributed by atoms with Gasteiger partial charge in [-0.25, -0.2) is 0 Å². The SMILES string of the molecule is O=[N+]([O-])c1ccc(-c2nnc(-c3ccc(N=Nc4ccc(N(CCO)CCO)cc4)cc3)o2)cc1. The molecular weight excluding hydrogens is 452 g/mol. The van der Waals surface area contributed by atoms with Gasteiger partial charge >= 0.3 is 0 Å². The van der Waals surface area contributed by atoms with Crippen LogP contribution in [0.4, 0.5) is 22.7 Å². The molecule has 0 saturated carbocycles. The van der Waals surface area contributed by atoms with Gasteiger partial charge in [-0.3, -0.25) is 10.1 Å². The third kappa shape index (κ3) is 5.91. The van der Waals surface area contributed by atoms with E-state index in [4.69, 9.17) is 4.42 Å². The Balaban J connectivity index is 1.42. The number of nitro groups is 1. The molecule has 0 spiro atoms. The fraction of sp³-hybridized carbons (Fsp3) is 0.167. The molecule has 11 nitrogen and oxygen atoms in total. The molecule has 11 heteroatoms. The predicted molar refractivity (Wildman–Crippen MR) is 129 cm³/mol. The molecule has 0 amide bonds. The van der Waals surface area contributed by atoms with Gasteiger partial charge in [0.1, 0.15) is 0 Å². The summed E-state index contributed by atoms with van der Waals surface area (Å²) in [5.74, 6) is 0.575. The van der Waals surface area contributed by atoms with E-state index in [1.54, 1.807) is 36.4 Å². The fourth-order valence-electron chi connectivity index (χ4n) is 3.31. The van der Waals surface area contributed by atoms with E-state index in [0.717, 1.165) is 5.69 Å². The molecule has 0 unspecified atom stereocenters. The standard InChI is InChI=1S/C24H22N6O5/c31-15-13-29(14-16-32)21-11-7-20(8-12-21)26-25-19-5-1-17(2-6-19)23-27-28-24(35-23)18-3-9-22(10-4-18)30(33)34/h1-12,31-32H,13-16H2. The zero-order chi connectivity index (χ0) is 24.6. The Hall–Kier alpha value is -4.48. The first-order valence-corrected chi connectivity index (χ1v) is 10.7. The summed E-state index contributed by atoms with van der Waals surface area (Å²) < 4.78 is 5.71. The number of rotatable bonds is 10. The van der Waals surface area contributed by atoms with Crippen LogP contribution in [0.2, 0.25) is 0 Å². The van der Waals surface area contributed by atoms with Gasteiger partial charge in [-0.1, -0.05) is 0 Å². The highest BCUT2D eigenvalue weighted by Crippen LogP contribution is 2.27. The predicted octanol–water partition coefficient (Wildman–Crippen LogP) is 4.52. The van der Waals surface area contributed by atoms with E-state index in [2.05, 4.69) is 20.4 Å². The van der Waals surface area contributed by atoms with Gasteiger partial charge in [-0.05, 0) is 60.7 Å². The molecule has 3 aromatic carbocycles. The van der Waals surface area contributed by atoms with E-state index in [-0.39, 0.29) is 24.8 Å². The second-order valence-corrected chi connectivity index (χ2v) is 7.41. The van der Waals surface area contributed by atoms with Crippen molar-refractivity contribution in [2.75, 3.05) is 31.2 Å². The van der Waals surface area contributed by atoms with Crippen LogP contribution in [-0.4, -0.2) is 51.6 Å². The molecule has 0 aliphatic heterocycles. The molecule has 1 aromatic heterocycles. The van der Waals surface area contributed by atoms with Gasteiger partial charge < -0.3 is 19.5 Å². The van der Waals surface area contributed by atoms with E-state index in [1.165, 1.54) is 12.1 Å². The Kier molecular flexibility index (Phi) is 7.50. The van der Waals surface area contributed by atoms with Crippen LogP contribution in [0.15, 0.2) is 87.4 Å². The quantitative estimate of drug-likeness (QED) is 0.193. The summed E-state index contributed by atoms with van der Waals surface area (Å²) in [6.07, 6.45) is 0. The summed E-state index contributed by atoms with van der Waals surface area (Å²) in [5.41, 5.74) is 3.44. The smallest absolute Gasteiger partial charge is 0.269 e. The Morgan fingerprint density at radius 3 is 1.69 bits per heavy atom. The van der Waals surface area contributed by atoms with Gasteiger partial charge in [0.2, 0.25) is 11.8 Å². The molecule has 35 heavy (non-hydrogen) atoms. The van der Waals surface area contributed by atoms with Crippen LogP contribution < -0.4 is 4.90 Å². The van der Waals surface area contributed by atoms with Crippen LogP contribution in [0, 0.1) is 10.1 Å². The van der Waals surface area contributed by atoms with Crippen molar-refractivity contribution >= 4 is 22.7 Å². The van der Waals surface area contributed by atoms with Crippen molar-refractivity contribution in [1.29, 1.82) is 0 Å². The van der Waals surface area contributed by atoms with Crippen LogP contribution in [0.3, 0.4) is 0 Å². The lowest BCUT2D eigenvalue weighted by Gasteiger charge is -2.22. The Morgan fingerprint density at radius 2 is 1.23 bits per heavy atom. The third-order valence-corrected chi connectivity index (χ3v) is 5.10. The number of hydrogen-bond donors (Lipinski definition) is 2. The molecule has 4 aromatic rings. The number of nitrogens with zero attached hydrogens (tertiary/aromatic N) is 6. The molecule has 178 valence electrons.